The Kier molecular flexibility index (Phi) is 6.88. The van der Waals surface area contributed by atoms with Gasteiger partial charge in [-0.25, -0.2) is 0 Å². The third kappa shape index (κ3) is 4.93. The molecule has 112 valence electrons. The second kappa shape index (κ2) is 8.94. The molecule has 0 radical (unpaired) electrons. The summed E-state index contributed by atoms with van der Waals surface area (Å²) in [6.07, 6.45) is 0.894. The summed E-state index contributed by atoms with van der Waals surface area (Å²) >= 11 is 0. The van der Waals surface area contributed by atoms with E-state index in [9.17, 15) is 0 Å². The first-order chi connectivity index (χ1) is 10.3. The third-order valence-corrected chi connectivity index (χ3v) is 5.04. The first-order valence-electron chi connectivity index (χ1n) is 7.48. The van der Waals surface area contributed by atoms with Crippen LogP contribution in [0.1, 0.15) is 30.9 Å². The van der Waals surface area contributed by atoms with Crippen molar-refractivity contribution in [1.82, 2.24) is 0 Å². The maximum absolute atomic E-state index is 5.80. The van der Waals surface area contributed by atoms with E-state index in [1.54, 1.807) is 0 Å². The van der Waals surface area contributed by atoms with Crippen molar-refractivity contribution in [3.63, 3.8) is 0 Å². The maximum Gasteiger partial charge on any atom is 0.171 e. The van der Waals surface area contributed by atoms with Crippen molar-refractivity contribution in [2.45, 2.75) is 19.8 Å². The monoisotopic (exact) mass is 302 g/mol. The smallest absolute Gasteiger partial charge is 0.171 e. The molecule has 0 atom stereocenters. The summed E-state index contributed by atoms with van der Waals surface area (Å²) in [4.78, 5) is 0. The second-order valence-electron chi connectivity index (χ2n) is 4.72. The highest BCUT2D eigenvalue weighted by Crippen LogP contribution is 2.44. The van der Waals surface area contributed by atoms with Gasteiger partial charge in [-0.05, 0) is 25.0 Å². The molecule has 0 amide bonds. The Morgan fingerprint density at radius 2 is 1.19 bits per heavy atom. The molecule has 0 aliphatic rings. The molecule has 0 saturated carbocycles. The van der Waals surface area contributed by atoms with E-state index in [1.807, 2.05) is 13.8 Å². The number of hydrogen-bond acceptors (Lipinski definition) is 2. The van der Waals surface area contributed by atoms with Gasteiger partial charge in [-0.3, -0.25) is 0 Å². The van der Waals surface area contributed by atoms with Gasteiger partial charge in [0.15, 0.2) is 8.38 Å². The normalized spacial score (nSPS) is 11.2. The minimum atomic E-state index is -0.847. The number of rotatable bonds is 8. The molecular weight excluding hydrogens is 279 g/mol. The predicted molar refractivity (Wildman–Crippen MR) is 89.8 cm³/mol. The Balaban J connectivity index is 2.24. The molecule has 0 saturated heterocycles. The van der Waals surface area contributed by atoms with Gasteiger partial charge in [0.05, 0.1) is 13.2 Å². The Labute approximate surface area is 129 Å². The molecule has 2 rings (SSSR count). The first-order valence-corrected chi connectivity index (χ1v) is 8.84. The van der Waals surface area contributed by atoms with Crippen LogP contribution in [0.25, 0.3) is 0 Å². The minimum absolute atomic E-state index is 0.316. The Morgan fingerprint density at radius 3 is 1.57 bits per heavy atom. The van der Waals surface area contributed by atoms with Gasteiger partial charge < -0.3 is 9.05 Å². The average Bonchev–Trinajstić information content (AvgIpc) is 2.54. The summed E-state index contributed by atoms with van der Waals surface area (Å²) in [6.45, 7) is 5.44. The quantitative estimate of drug-likeness (QED) is 0.624. The molecule has 0 unspecified atom stereocenters. The van der Waals surface area contributed by atoms with Crippen molar-refractivity contribution in [2.24, 2.45) is 0 Å². The van der Waals surface area contributed by atoms with Crippen LogP contribution < -0.4 is 0 Å². The fraction of sp³-hybridized carbons (Fsp3) is 0.333. The van der Waals surface area contributed by atoms with Crippen molar-refractivity contribution < 1.29 is 9.05 Å². The van der Waals surface area contributed by atoms with Crippen LogP contribution in [-0.4, -0.2) is 19.4 Å². The van der Waals surface area contributed by atoms with Gasteiger partial charge in [0.25, 0.3) is 0 Å². The molecule has 0 aliphatic heterocycles. The van der Waals surface area contributed by atoms with E-state index in [0.717, 1.165) is 6.16 Å². The van der Waals surface area contributed by atoms with Gasteiger partial charge in [-0.15, -0.1) is 0 Å². The minimum Gasteiger partial charge on any atom is -0.334 e. The highest BCUT2D eigenvalue weighted by Gasteiger charge is 2.21. The Hall–Kier alpha value is -1.21. The topological polar surface area (TPSA) is 18.5 Å². The molecule has 0 spiro atoms. The van der Waals surface area contributed by atoms with Gasteiger partial charge >= 0.3 is 0 Å². The van der Waals surface area contributed by atoms with Crippen molar-refractivity contribution in [1.29, 1.82) is 0 Å². The lowest BCUT2D eigenvalue weighted by Gasteiger charge is -2.23. The van der Waals surface area contributed by atoms with Crippen LogP contribution in [0, 0.1) is 0 Å². The van der Waals surface area contributed by atoms with E-state index < -0.39 is 8.38 Å². The lowest BCUT2D eigenvalue weighted by Crippen LogP contribution is -2.08. The molecule has 21 heavy (non-hydrogen) atoms. The lowest BCUT2D eigenvalue weighted by molar-refractivity contribution is 0.268. The van der Waals surface area contributed by atoms with Crippen LogP contribution >= 0.6 is 8.38 Å². The average molecular weight is 302 g/mol. The van der Waals surface area contributed by atoms with E-state index in [-0.39, 0.29) is 0 Å². The van der Waals surface area contributed by atoms with Crippen molar-refractivity contribution in [3.05, 3.63) is 71.8 Å². The summed E-state index contributed by atoms with van der Waals surface area (Å²) in [5, 5.41) is 0. The van der Waals surface area contributed by atoms with Crippen molar-refractivity contribution in [2.75, 3.05) is 19.4 Å². The van der Waals surface area contributed by atoms with Gasteiger partial charge in [0.2, 0.25) is 0 Å². The molecule has 0 aliphatic carbocycles. The lowest BCUT2D eigenvalue weighted by atomic mass is 9.93. The number of hydrogen-bond donors (Lipinski definition) is 0. The van der Waals surface area contributed by atoms with Crippen LogP contribution in [0.4, 0.5) is 0 Å². The SMILES string of the molecule is CCOP(CC(c1ccccc1)c1ccccc1)OCC. The van der Waals surface area contributed by atoms with Crippen LogP contribution in [-0.2, 0) is 9.05 Å². The summed E-state index contributed by atoms with van der Waals surface area (Å²) in [7, 11) is -0.847. The molecule has 2 nitrogen and oxygen atoms in total. The first kappa shape index (κ1) is 16.2. The zero-order valence-electron chi connectivity index (χ0n) is 12.7. The predicted octanol–water partition coefficient (Wildman–Crippen LogP) is 5.20. The van der Waals surface area contributed by atoms with Crippen LogP contribution in [0.2, 0.25) is 0 Å². The van der Waals surface area contributed by atoms with Crippen LogP contribution in [0.15, 0.2) is 60.7 Å². The van der Waals surface area contributed by atoms with Crippen LogP contribution in [0.3, 0.4) is 0 Å². The molecule has 2 aromatic carbocycles. The zero-order valence-corrected chi connectivity index (χ0v) is 13.6. The van der Waals surface area contributed by atoms with Gasteiger partial charge in [0.1, 0.15) is 0 Å². The Morgan fingerprint density at radius 1 is 0.762 bits per heavy atom. The standard InChI is InChI=1S/C18H23O2P/c1-3-19-21(20-4-2)15-18(16-11-7-5-8-12-16)17-13-9-6-10-14-17/h5-14,18H,3-4,15H2,1-2H3. The van der Waals surface area contributed by atoms with E-state index in [2.05, 4.69) is 60.7 Å². The molecular formula is C18H23O2P. The Bertz CT molecular complexity index is 456. The molecule has 0 bridgehead atoms. The third-order valence-electron chi connectivity index (χ3n) is 3.28. The van der Waals surface area contributed by atoms with Gasteiger partial charge in [-0.1, -0.05) is 60.7 Å². The van der Waals surface area contributed by atoms with Crippen molar-refractivity contribution >= 4 is 8.38 Å². The molecule has 0 aromatic heterocycles. The highest BCUT2D eigenvalue weighted by atomic mass is 31.2. The highest BCUT2D eigenvalue weighted by molar-refractivity contribution is 7.47. The van der Waals surface area contributed by atoms with E-state index in [1.165, 1.54) is 11.1 Å². The summed E-state index contributed by atoms with van der Waals surface area (Å²) in [5.74, 6) is 0.316. The van der Waals surface area contributed by atoms with Gasteiger partial charge in [0, 0.05) is 12.1 Å². The second-order valence-corrected chi connectivity index (χ2v) is 6.27. The molecule has 2 aromatic rings. The fourth-order valence-electron chi connectivity index (χ4n) is 2.35. The summed E-state index contributed by atoms with van der Waals surface area (Å²) in [6, 6.07) is 21.2. The number of benzene rings is 2. The molecule has 0 heterocycles. The van der Waals surface area contributed by atoms with E-state index in [4.69, 9.17) is 9.05 Å². The molecule has 0 fully saturated rings. The molecule has 0 N–H and O–H groups in total. The maximum atomic E-state index is 5.80. The fourth-order valence-corrected chi connectivity index (χ4v) is 3.93. The van der Waals surface area contributed by atoms with E-state index >= 15 is 0 Å². The van der Waals surface area contributed by atoms with Crippen molar-refractivity contribution in [3.8, 4) is 0 Å². The van der Waals surface area contributed by atoms with Gasteiger partial charge in [-0.2, -0.15) is 0 Å². The summed E-state index contributed by atoms with van der Waals surface area (Å²) in [5.41, 5.74) is 2.63. The molecule has 3 heteroatoms. The van der Waals surface area contributed by atoms with Crippen LogP contribution in [0.5, 0.6) is 0 Å². The summed E-state index contributed by atoms with van der Waals surface area (Å²) < 4.78 is 11.6. The zero-order chi connectivity index (χ0) is 14.9. The largest absolute Gasteiger partial charge is 0.334 e. The van der Waals surface area contributed by atoms with E-state index in [0.29, 0.717) is 19.1 Å².